The molecule has 0 radical (unpaired) electrons. The Balaban J connectivity index is 2.19. The number of aryl methyl sites for hydroxylation is 1. The first-order valence-electron chi connectivity index (χ1n) is 5.27. The molecule has 1 aromatic carbocycles. The molecule has 0 N–H and O–H groups in total. The number of thioether (sulfide) groups is 1. The number of benzene rings is 1. The maximum Gasteiger partial charge on any atom is 0.238 e. The average molecular weight is 234 g/mol. The summed E-state index contributed by atoms with van der Waals surface area (Å²) < 4.78 is 0. The summed E-state index contributed by atoms with van der Waals surface area (Å²) in [5.74, 6) is 0.622. The minimum Gasteiger partial charge on any atom is -0.294 e. The second-order valence-corrected chi connectivity index (χ2v) is 4.60. The van der Waals surface area contributed by atoms with Gasteiger partial charge in [0.25, 0.3) is 0 Å². The third kappa shape index (κ3) is 2.27. The van der Waals surface area contributed by atoms with Crippen LogP contribution in [0.1, 0.15) is 12.5 Å². The van der Waals surface area contributed by atoms with Gasteiger partial charge in [0.2, 0.25) is 5.91 Å². The lowest BCUT2D eigenvalue weighted by atomic mass is 10.2. The highest BCUT2D eigenvalue weighted by Gasteiger charge is 2.23. The summed E-state index contributed by atoms with van der Waals surface area (Å²) >= 11 is 1.49. The van der Waals surface area contributed by atoms with Crippen LogP contribution in [0.5, 0.6) is 0 Å². The maximum atomic E-state index is 11.3. The standard InChI is InChI=1S/C12H14N2OS/c1-3-9-4-6-10(7-5-9)13-12-14(2)11(15)8-16-12/h4-7H,3,8H2,1-2H3. The number of hydrogen-bond donors (Lipinski definition) is 0. The number of rotatable bonds is 2. The summed E-state index contributed by atoms with van der Waals surface area (Å²) in [6, 6.07) is 8.12. The molecule has 1 amide bonds. The van der Waals surface area contributed by atoms with Crippen LogP contribution in [0.2, 0.25) is 0 Å². The Morgan fingerprint density at radius 1 is 1.38 bits per heavy atom. The van der Waals surface area contributed by atoms with Crippen LogP contribution in [0.4, 0.5) is 5.69 Å². The molecule has 16 heavy (non-hydrogen) atoms. The van der Waals surface area contributed by atoms with Crippen LogP contribution in [0, 0.1) is 0 Å². The molecule has 0 unspecified atom stereocenters. The molecular formula is C12H14N2OS. The zero-order valence-electron chi connectivity index (χ0n) is 9.43. The third-order valence-corrected chi connectivity index (χ3v) is 3.57. The van der Waals surface area contributed by atoms with Crippen LogP contribution < -0.4 is 0 Å². The fourth-order valence-electron chi connectivity index (χ4n) is 1.45. The minimum absolute atomic E-state index is 0.119. The molecule has 1 aliphatic rings. The predicted molar refractivity (Wildman–Crippen MR) is 68.1 cm³/mol. The Bertz CT molecular complexity index is 425. The summed E-state index contributed by atoms with van der Waals surface area (Å²) in [5.41, 5.74) is 2.20. The monoisotopic (exact) mass is 234 g/mol. The molecule has 0 aromatic heterocycles. The van der Waals surface area contributed by atoms with Gasteiger partial charge in [0.05, 0.1) is 11.4 Å². The second-order valence-electron chi connectivity index (χ2n) is 3.66. The molecule has 0 spiro atoms. The van der Waals surface area contributed by atoms with Crippen LogP contribution >= 0.6 is 11.8 Å². The van der Waals surface area contributed by atoms with Crippen molar-refractivity contribution in [1.29, 1.82) is 0 Å². The van der Waals surface area contributed by atoms with E-state index in [1.807, 2.05) is 12.1 Å². The van der Waals surface area contributed by atoms with Crippen LogP contribution in [-0.2, 0) is 11.2 Å². The van der Waals surface area contributed by atoms with E-state index in [0.717, 1.165) is 17.3 Å². The number of hydrogen-bond acceptors (Lipinski definition) is 3. The SMILES string of the molecule is CCc1ccc(N=C2SCC(=O)N2C)cc1. The molecule has 1 saturated heterocycles. The second kappa shape index (κ2) is 4.70. The van der Waals surface area contributed by atoms with E-state index in [2.05, 4.69) is 24.0 Å². The molecule has 2 rings (SSSR count). The highest BCUT2D eigenvalue weighted by Crippen LogP contribution is 2.22. The number of aliphatic imine (C=N–C) groups is 1. The molecule has 0 saturated carbocycles. The quantitative estimate of drug-likeness (QED) is 0.787. The van der Waals surface area contributed by atoms with Crippen molar-refractivity contribution in [1.82, 2.24) is 4.90 Å². The normalized spacial score (nSPS) is 18.5. The fraction of sp³-hybridized carbons (Fsp3) is 0.333. The van der Waals surface area contributed by atoms with E-state index in [4.69, 9.17) is 0 Å². The van der Waals surface area contributed by atoms with Gasteiger partial charge in [-0.1, -0.05) is 30.8 Å². The molecule has 4 heteroatoms. The first-order valence-corrected chi connectivity index (χ1v) is 6.26. The Labute approximate surface area is 99.6 Å². The smallest absolute Gasteiger partial charge is 0.238 e. The van der Waals surface area contributed by atoms with Gasteiger partial charge in [0.1, 0.15) is 0 Å². The summed E-state index contributed by atoms with van der Waals surface area (Å²) in [7, 11) is 1.77. The molecule has 84 valence electrons. The Hall–Kier alpha value is -1.29. The van der Waals surface area contributed by atoms with Gasteiger partial charge < -0.3 is 0 Å². The largest absolute Gasteiger partial charge is 0.294 e. The number of carbonyl (C=O) groups is 1. The molecule has 3 nitrogen and oxygen atoms in total. The maximum absolute atomic E-state index is 11.3. The lowest BCUT2D eigenvalue weighted by molar-refractivity contribution is -0.123. The number of amides is 1. The number of carbonyl (C=O) groups excluding carboxylic acids is 1. The van der Waals surface area contributed by atoms with Crippen LogP contribution in [0.15, 0.2) is 29.3 Å². The summed E-state index contributed by atoms with van der Waals surface area (Å²) in [6.07, 6.45) is 1.03. The summed E-state index contributed by atoms with van der Waals surface area (Å²) in [5, 5.41) is 0.786. The van der Waals surface area contributed by atoms with Crippen molar-refractivity contribution >= 4 is 28.5 Å². The van der Waals surface area contributed by atoms with E-state index < -0.39 is 0 Å². The fourth-order valence-corrected chi connectivity index (χ4v) is 2.36. The molecule has 1 fully saturated rings. The first kappa shape index (κ1) is 11.2. The molecule has 0 bridgehead atoms. The van der Waals surface area contributed by atoms with Crippen molar-refractivity contribution < 1.29 is 4.79 Å². The molecule has 1 aliphatic heterocycles. The zero-order chi connectivity index (χ0) is 11.5. The van der Waals surface area contributed by atoms with Crippen LogP contribution in [0.25, 0.3) is 0 Å². The van der Waals surface area contributed by atoms with Crippen molar-refractivity contribution in [3.63, 3.8) is 0 Å². The van der Waals surface area contributed by atoms with Crippen molar-refractivity contribution in [2.75, 3.05) is 12.8 Å². The zero-order valence-corrected chi connectivity index (χ0v) is 10.3. The molecule has 1 aromatic rings. The van der Waals surface area contributed by atoms with Crippen LogP contribution in [0.3, 0.4) is 0 Å². The van der Waals surface area contributed by atoms with E-state index >= 15 is 0 Å². The van der Waals surface area contributed by atoms with Gasteiger partial charge in [-0.2, -0.15) is 0 Å². The van der Waals surface area contributed by atoms with Crippen molar-refractivity contribution in [3.05, 3.63) is 29.8 Å². The van der Waals surface area contributed by atoms with E-state index in [-0.39, 0.29) is 5.91 Å². The van der Waals surface area contributed by atoms with Gasteiger partial charge in [-0.3, -0.25) is 9.69 Å². The van der Waals surface area contributed by atoms with Gasteiger partial charge >= 0.3 is 0 Å². The average Bonchev–Trinajstić information content (AvgIpc) is 2.62. The van der Waals surface area contributed by atoms with Gasteiger partial charge in [-0.05, 0) is 24.1 Å². The van der Waals surface area contributed by atoms with Gasteiger partial charge in [0.15, 0.2) is 5.17 Å². The van der Waals surface area contributed by atoms with E-state index in [0.29, 0.717) is 5.75 Å². The third-order valence-electron chi connectivity index (χ3n) is 2.56. The molecular weight excluding hydrogens is 220 g/mol. The van der Waals surface area contributed by atoms with Crippen molar-refractivity contribution in [2.45, 2.75) is 13.3 Å². The molecule has 0 aliphatic carbocycles. The number of nitrogens with zero attached hydrogens (tertiary/aromatic N) is 2. The van der Waals surface area contributed by atoms with Gasteiger partial charge in [-0.25, -0.2) is 4.99 Å². The predicted octanol–water partition coefficient (Wildman–Crippen LogP) is 2.44. The lowest BCUT2D eigenvalue weighted by Crippen LogP contribution is -2.24. The minimum atomic E-state index is 0.119. The van der Waals surface area contributed by atoms with Crippen LogP contribution in [-0.4, -0.2) is 28.8 Å². The lowest BCUT2D eigenvalue weighted by Gasteiger charge is -2.07. The molecule has 1 heterocycles. The van der Waals surface area contributed by atoms with E-state index in [1.165, 1.54) is 17.3 Å². The molecule has 0 atom stereocenters. The van der Waals surface area contributed by atoms with Gasteiger partial charge in [-0.15, -0.1) is 0 Å². The van der Waals surface area contributed by atoms with Crippen molar-refractivity contribution in [2.24, 2.45) is 4.99 Å². The Kier molecular flexibility index (Phi) is 3.29. The van der Waals surface area contributed by atoms with E-state index in [1.54, 1.807) is 11.9 Å². The summed E-state index contributed by atoms with van der Waals surface area (Å²) in [4.78, 5) is 17.4. The first-order chi connectivity index (χ1) is 7.70. The van der Waals surface area contributed by atoms with E-state index in [9.17, 15) is 4.79 Å². The van der Waals surface area contributed by atoms with Crippen molar-refractivity contribution in [3.8, 4) is 0 Å². The summed E-state index contributed by atoms with van der Waals surface area (Å²) in [6.45, 7) is 2.13. The highest BCUT2D eigenvalue weighted by molar-refractivity contribution is 8.15. The highest BCUT2D eigenvalue weighted by atomic mass is 32.2. The topological polar surface area (TPSA) is 32.7 Å². The Morgan fingerprint density at radius 3 is 2.56 bits per heavy atom. The Morgan fingerprint density at radius 2 is 2.06 bits per heavy atom. The number of amidine groups is 1. The van der Waals surface area contributed by atoms with Gasteiger partial charge in [0, 0.05) is 7.05 Å².